The molecule has 0 bridgehead atoms. The molecule has 0 aliphatic rings. The van der Waals surface area contributed by atoms with Gasteiger partial charge < -0.3 is 9.63 Å². The van der Waals surface area contributed by atoms with Crippen LogP contribution in [0.1, 0.15) is 20.3 Å². The molecule has 3 aromatic rings. The lowest BCUT2D eigenvalue weighted by atomic mass is 10.1. The minimum absolute atomic E-state index is 0.112. The van der Waals surface area contributed by atoms with Gasteiger partial charge in [0.1, 0.15) is 0 Å². The monoisotopic (exact) mass is 482 g/mol. The van der Waals surface area contributed by atoms with Crippen LogP contribution in [0.2, 0.25) is 0 Å². The number of hydrogen-bond donors (Lipinski definition) is 1. The van der Waals surface area contributed by atoms with Gasteiger partial charge >= 0.3 is 6.80 Å². The van der Waals surface area contributed by atoms with Crippen LogP contribution in [0, 0.1) is 0 Å². The van der Waals surface area contributed by atoms with E-state index >= 15 is 0 Å². The summed E-state index contributed by atoms with van der Waals surface area (Å²) in [4.78, 5) is 9.00. The Morgan fingerprint density at radius 3 is 2.71 bits per heavy atom. The number of phenolic OH excluding ortho intramolecular Hbond substituents is 1. The van der Waals surface area contributed by atoms with E-state index in [4.69, 9.17) is 9.05 Å². The van der Waals surface area contributed by atoms with Crippen molar-refractivity contribution in [2.24, 2.45) is 0 Å². The average molecular weight is 483 g/mol. The molecule has 0 spiro atoms. The highest BCUT2D eigenvalue weighted by atomic mass is 79.9. The first-order chi connectivity index (χ1) is 13.4. The van der Waals surface area contributed by atoms with Gasteiger partial charge in [0.15, 0.2) is 11.5 Å². The van der Waals surface area contributed by atoms with Gasteiger partial charge in [0, 0.05) is 15.8 Å². The van der Waals surface area contributed by atoms with Crippen LogP contribution in [0.3, 0.4) is 0 Å². The lowest BCUT2D eigenvalue weighted by molar-refractivity contribution is 0.292. The topological polar surface area (TPSA) is 81.5 Å². The minimum atomic E-state index is -3.39. The molecule has 2 aromatic carbocycles. The van der Waals surface area contributed by atoms with Crippen LogP contribution in [0.25, 0.3) is 22.3 Å². The number of aromatic nitrogens is 2. The molecule has 0 saturated carbocycles. The molecule has 6 nitrogen and oxygen atoms in total. The molecule has 28 heavy (non-hydrogen) atoms. The molecule has 1 aromatic heterocycles. The summed E-state index contributed by atoms with van der Waals surface area (Å²) in [5.41, 5.74) is 2.80. The van der Waals surface area contributed by atoms with Crippen molar-refractivity contribution in [3.63, 3.8) is 0 Å². The first kappa shape index (κ1) is 21.1. The summed E-state index contributed by atoms with van der Waals surface area (Å²) < 4.78 is 24.6. The summed E-state index contributed by atoms with van der Waals surface area (Å²) >= 11 is 4.56. The van der Waals surface area contributed by atoms with E-state index in [0.717, 1.165) is 33.3 Å². The molecule has 0 aliphatic heterocycles. The van der Waals surface area contributed by atoms with Gasteiger partial charge in [-0.15, -0.1) is 0 Å². The molecule has 1 unspecified atom stereocenters. The summed E-state index contributed by atoms with van der Waals surface area (Å²) in [5.74, 6) is 0.615. The van der Waals surface area contributed by atoms with Crippen LogP contribution in [0.4, 0.5) is 0 Å². The maximum Gasteiger partial charge on any atom is 0.440 e. The van der Waals surface area contributed by atoms with Gasteiger partial charge in [0.05, 0.1) is 29.5 Å². The third kappa shape index (κ3) is 5.06. The Kier molecular flexibility index (Phi) is 6.99. The molecule has 0 saturated heterocycles. The Morgan fingerprint density at radius 2 is 2.00 bits per heavy atom. The standard InChI is InChI=1S/C19H20BrN2O4PS/c1-3-9-28-27(24,25-4-2)26-19-8-5-13(10-18(19)23)17-12-21-15-7-6-14(20)11-16(15)22-17/h5-8,10-12,23H,3-4,9H2,1-2H3. The number of phenols is 1. The Bertz CT molecular complexity index is 1030. The van der Waals surface area contributed by atoms with E-state index in [1.54, 1.807) is 25.3 Å². The normalized spacial score (nSPS) is 13.4. The van der Waals surface area contributed by atoms with Crippen molar-refractivity contribution in [2.75, 3.05) is 12.4 Å². The van der Waals surface area contributed by atoms with Crippen molar-refractivity contribution in [1.82, 2.24) is 9.97 Å². The molecule has 0 amide bonds. The van der Waals surface area contributed by atoms with Crippen molar-refractivity contribution in [1.29, 1.82) is 0 Å². The maximum absolute atomic E-state index is 12.8. The van der Waals surface area contributed by atoms with Crippen molar-refractivity contribution in [2.45, 2.75) is 20.3 Å². The highest BCUT2D eigenvalue weighted by Crippen LogP contribution is 2.61. The van der Waals surface area contributed by atoms with Gasteiger partial charge in [-0.3, -0.25) is 9.51 Å². The zero-order chi connectivity index (χ0) is 20.1. The molecule has 1 atom stereocenters. The first-order valence-electron chi connectivity index (χ1n) is 8.78. The lowest BCUT2D eigenvalue weighted by Gasteiger charge is -2.18. The van der Waals surface area contributed by atoms with Crippen LogP contribution in [-0.4, -0.2) is 27.4 Å². The number of nitrogens with zero attached hydrogens (tertiary/aromatic N) is 2. The highest BCUT2D eigenvalue weighted by molar-refractivity contribution is 9.10. The van der Waals surface area contributed by atoms with Crippen molar-refractivity contribution >= 4 is 45.1 Å². The van der Waals surface area contributed by atoms with Gasteiger partial charge in [-0.1, -0.05) is 22.9 Å². The van der Waals surface area contributed by atoms with E-state index in [9.17, 15) is 9.67 Å². The van der Waals surface area contributed by atoms with E-state index in [-0.39, 0.29) is 18.1 Å². The van der Waals surface area contributed by atoms with Gasteiger partial charge in [-0.2, -0.15) is 0 Å². The average Bonchev–Trinajstić information content (AvgIpc) is 2.67. The van der Waals surface area contributed by atoms with Crippen LogP contribution < -0.4 is 4.52 Å². The fourth-order valence-corrected chi connectivity index (χ4v) is 6.25. The smallest absolute Gasteiger partial charge is 0.440 e. The Balaban J connectivity index is 1.88. The van der Waals surface area contributed by atoms with Gasteiger partial charge in [-0.05, 0) is 61.1 Å². The predicted molar refractivity (Wildman–Crippen MR) is 117 cm³/mol. The zero-order valence-corrected chi connectivity index (χ0v) is 18.8. The van der Waals surface area contributed by atoms with E-state index in [1.165, 1.54) is 6.07 Å². The largest absolute Gasteiger partial charge is 0.504 e. The van der Waals surface area contributed by atoms with Crippen LogP contribution >= 0.6 is 34.1 Å². The Morgan fingerprint density at radius 1 is 1.18 bits per heavy atom. The maximum atomic E-state index is 12.8. The third-order valence-electron chi connectivity index (χ3n) is 3.71. The van der Waals surface area contributed by atoms with E-state index < -0.39 is 6.80 Å². The van der Waals surface area contributed by atoms with Crippen molar-refractivity contribution in [3.8, 4) is 22.8 Å². The van der Waals surface area contributed by atoms with Crippen LogP contribution in [0.5, 0.6) is 11.5 Å². The predicted octanol–water partition coefficient (Wildman–Crippen LogP) is 6.43. The van der Waals surface area contributed by atoms with E-state index in [2.05, 4.69) is 25.9 Å². The molecular weight excluding hydrogens is 463 g/mol. The number of hydrogen-bond acceptors (Lipinski definition) is 7. The summed E-state index contributed by atoms with van der Waals surface area (Å²) in [6.07, 6.45) is 2.49. The number of halogens is 1. The SMILES string of the molecule is CCCSP(=O)(OCC)Oc1ccc(-c2cnc3ccc(Br)cc3n2)cc1O. The van der Waals surface area contributed by atoms with E-state index in [0.29, 0.717) is 17.0 Å². The van der Waals surface area contributed by atoms with Crippen molar-refractivity contribution < 1.29 is 18.7 Å². The molecule has 0 aliphatic carbocycles. The lowest BCUT2D eigenvalue weighted by Crippen LogP contribution is -1.97. The fourth-order valence-electron chi connectivity index (χ4n) is 2.45. The van der Waals surface area contributed by atoms with Crippen LogP contribution in [0.15, 0.2) is 47.1 Å². The number of aromatic hydroxyl groups is 1. The molecule has 0 radical (unpaired) electrons. The summed E-state index contributed by atoms with van der Waals surface area (Å²) in [6, 6.07) is 10.5. The van der Waals surface area contributed by atoms with E-state index in [1.807, 2.05) is 25.1 Å². The molecule has 1 N–H and O–H groups in total. The number of rotatable bonds is 8. The molecule has 148 valence electrons. The van der Waals surface area contributed by atoms with Crippen molar-refractivity contribution in [3.05, 3.63) is 47.1 Å². The first-order valence-corrected chi connectivity index (χ1v) is 12.7. The third-order valence-corrected chi connectivity index (χ3v) is 8.14. The minimum Gasteiger partial charge on any atom is -0.504 e. The second-order valence-corrected chi connectivity index (χ2v) is 10.9. The molecule has 1 heterocycles. The quantitative estimate of drug-likeness (QED) is 0.370. The second-order valence-electron chi connectivity index (χ2n) is 5.86. The Hall–Kier alpha value is -1.60. The zero-order valence-electron chi connectivity index (χ0n) is 15.5. The highest BCUT2D eigenvalue weighted by Gasteiger charge is 2.27. The summed E-state index contributed by atoms with van der Waals surface area (Å²) in [5, 5.41) is 10.4. The molecule has 3 rings (SSSR count). The van der Waals surface area contributed by atoms with Gasteiger partial charge in [0.2, 0.25) is 0 Å². The Labute approximate surface area is 176 Å². The van der Waals surface area contributed by atoms with Gasteiger partial charge in [-0.25, -0.2) is 9.55 Å². The molecular formula is C19H20BrN2O4PS. The molecule has 0 fully saturated rings. The number of benzene rings is 2. The number of fused-ring (bicyclic) bond motifs is 1. The molecule has 9 heteroatoms. The van der Waals surface area contributed by atoms with Gasteiger partial charge in [0.25, 0.3) is 0 Å². The second kappa shape index (κ2) is 9.27. The summed E-state index contributed by atoms with van der Waals surface area (Å²) in [6.45, 7) is 0.610. The fraction of sp³-hybridized carbons (Fsp3) is 0.263. The van der Waals surface area contributed by atoms with Crippen LogP contribution in [-0.2, 0) is 9.09 Å². The summed E-state index contributed by atoms with van der Waals surface area (Å²) in [7, 11) is 0.